The number of carbonyl (C=O) groups is 1. The van der Waals surface area contributed by atoms with Crippen LogP contribution in [0.2, 0.25) is 5.02 Å². The quantitative estimate of drug-likeness (QED) is 0.638. The third-order valence-corrected chi connectivity index (χ3v) is 3.23. The summed E-state index contributed by atoms with van der Waals surface area (Å²) in [7, 11) is 0. The molecule has 1 amide bonds. The maximum absolute atomic E-state index is 12.0. The second-order valence-electron chi connectivity index (χ2n) is 4.33. The van der Waals surface area contributed by atoms with Gasteiger partial charge in [0, 0.05) is 31.8 Å². The lowest BCUT2D eigenvalue weighted by molar-refractivity contribution is -0.384. The van der Waals surface area contributed by atoms with Crippen molar-refractivity contribution in [2.75, 3.05) is 26.2 Å². The molecule has 1 unspecified atom stereocenters. The SMILES string of the molecule is O=C(NCC1CNCCO1)c1cc([N+](=O)[O-])ccc1Cl. The zero-order valence-corrected chi connectivity index (χ0v) is 11.4. The van der Waals surface area contributed by atoms with Gasteiger partial charge < -0.3 is 15.4 Å². The molecule has 0 bridgehead atoms. The number of nitrogens with zero attached hydrogens (tertiary/aromatic N) is 1. The molecule has 8 heteroatoms. The molecule has 0 aromatic heterocycles. The summed E-state index contributed by atoms with van der Waals surface area (Å²) in [5.74, 6) is -0.451. The van der Waals surface area contributed by atoms with Crippen LogP contribution in [0, 0.1) is 10.1 Å². The fraction of sp³-hybridized carbons (Fsp3) is 0.417. The Kier molecular flexibility index (Phi) is 4.89. The molecule has 1 aromatic carbocycles. The number of amides is 1. The fourth-order valence-electron chi connectivity index (χ4n) is 1.85. The zero-order valence-electron chi connectivity index (χ0n) is 10.6. The first kappa shape index (κ1) is 14.7. The van der Waals surface area contributed by atoms with Crippen LogP contribution in [0.25, 0.3) is 0 Å². The second-order valence-corrected chi connectivity index (χ2v) is 4.74. The summed E-state index contributed by atoms with van der Waals surface area (Å²) in [4.78, 5) is 22.1. The lowest BCUT2D eigenvalue weighted by atomic mass is 10.2. The van der Waals surface area contributed by atoms with E-state index in [0.717, 1.165) is 12.6 Å². The monoisotopic (exact) mass is 299 g/mol. The van der Waals surface area contributed by atoms with Gasteiger partial charge in [-0.2, -0.15) is 0 Å². The number of morpholine rings is 1. The molecular formula is C12H14ClN3O4. The van der Waals surface area contributed by atoms with Crippen LogP contribution in [-0.2, 0) is 4.74 Å². The van der Waals surface area contributed by atoms with Crippen molar-refractivity contribution in [2.24, 2.45) is 0 Å². The van der Waals surface area contributed by atoms with Gasteiger partial charge in [-0.05, 0) is 6.07 Å². The van der Waals surface area contributed by atoms with Crippen LogP contribution in [-0.4, -0.2) is 43.2 Å². The van der Waals surface area contributed by atoms with Crippen LogP contribution in [0.15, 0.2) is 18.2 Å². The van der Waals surface area contributed by atoms with E-state index >= 15 is 0 Å². The molecule has 0 spiro atoms. The van der Waals surface area contributed by atoms with Crippen LogP contribution in [0.1, 0.15) is 10.4 Å². The normalized spacial score (nSPS) is 18.6. The molecule has 1 aliphatic rings. The Bertz CT molecular complexity index is 517. The number of nitrogens with one attached hydrogen (secondary N) is 2. The largest absolute Gasteiger partial charge is 0.374 e. The van der Waals surface area contributed by atoms with Crippen LogP contribution in [0.5, 0.6) is 0 Å². The van der Waals surface area contributed by atoms with Gasteiger partial charge >= 0.3 is 0 Å². The maximum atomic E-state index is 12.0. The number of rotatable bonds is 4. The predicted octanol–water partition coefficient (Wildman–Crippen LogP) is 0.966. The third-order valence-electron chi connectivity index (χ3n) is 2.90. The van der Waals surface area contributed by atoms with Gasteiger partial charge in [0.1, 0.15) is 0 Å². The first-order chi connectivity index (χ1) is 9.58. The van der Waals surface area contributed by atoms with E-state index in [4.69, 9.17) is 16.3 Å². The van der Waals surface area contributed by atoms with E-state index in [1.54, 1.807) is 0 Å². The molecule has 0 radical (unpaired) electrons. The standard InChI is InChI=1S/C12H14ClN3O4/c13-11-2-1-8(16(18)19)5-10(11)12(17)15-7-9-6-14-3-4-20-9/h1-2,5,9,14H,3-4,6-7H2,(H,15,17). The molecule has 1 atom stereocenters. The van der Waals surface area contributed by atoms with Crippen molar-refractivity contribution >= 4 is 23.2 Å². The van der Waals surface area contributed by atoms with Gasteiger partial charge in [-0.1, -0.05) is 11.6 Å². The topological polar surface area (TPSA) is 93.5 Å². The number of carbonyl (C=O) groups excluding carboxylic acids is 1. The average molecular weight is 300 g/mol. The van der Waals surface area contributed by atoms with Crippen molar-refractivity contribution in [1.29, 1.82) is 0 Å². The van der Waals surface area contributed by atoms with Gasteiger partial charge in [-0.25, -0.2) is 0 Å². The minimum absolute atomic E-state index is 0.0876. The molecular weight excluding hydrogens is 286 g/mol. The van der Waals surface area contributed by atoms with Gasteiger partial charge in [0.05, 0.1) is 28.2 Å². The highest BCUT2D eigenvalue weighted by molar-refractivity contribution is 6.33. The van der Waals surface area contributed by atoms with E-state index in [2.05, 4.69) is 10.6 Å². The first-order valence-corrected chi connectivity index (χ1v) is 6.50. The molecule has 0 saturated carbocycles. The highest BCUT2D eigenvalue weighted by atomic mass is 35.5. The molecule has 7 nitrogen and oxygen atoms in total. The lowest BCUT2D eigenvalue weighted by Crippen LogP contribution is -2.45. The summed E-state index contributed by atoms with van der Waals surface area (Å²) in [6.45, 7) is 2.37. The molecule has 0 aliphatic carbocycles. The Morgan fingerprint density at radius 3 is 3.05 bits per heavy atom. The molecule has 20 heavy (non-hydrogen) atoms. The number of nitro groups is 1. The minimum atomic E-state index is -0.568. The van der Waals surface area contributed by atoms with E-state index in [9.17, 15) is 14.9 Å². The van der Waals surface area contributed by atoms with Gasteiger partial charge in [0.25, 0.3) is 11.6 Å². The minimum Gasteiger partial charge on any atom is -0.374 e. The number of hydrogen-bond acceptors (Lipinski definition) is 5. The second kappa shape index (κ2) is 6.65. The summed E-state index contributed by atoms with van der Waals surface area (Å²) < 4.78 is 5.44. The van der Waals surface area contributed by atoms with Gasteiger partial charge in [-0.15, -0.1) is 0 Å². The Morgan fingerprint density at radius 1 is 1.60 bits per heavy atom. The lowest BCUT2D eigenvalue weighted by Gasteiger charge is -2.23. The van der Waals surface area contributed by atoms with Crippen LogP contribution in [0.3, 0.4) is 0 Å². The number of benzene rings is 1. The van der Waals surface area contributed by atoms with Crippen molar-refractivity contribution in [1.82, 2.24) is 10.6 Å². The third kappa shape index (κ3) is 3.66. The van der Waals surface area contributed by atoms with Gasteiger partial charge in [0.2, 0.25) is 0 Å². The van der Waals surface area contributed by atoms with Gasteiger partial charge in [0.15, 0.2) is 0 Å². The van der Waals surface area contributed by atoms with E-state index in [0.29, 0.717) is 19.7 Å². The predicted molar refractivity (Wildman–Crippen MR) is 73.0 cm³/mol. The highest BCUT2D eigenvalue weighted by Crippen LogP contribution is 2.21. The molecule has 108 valence electrons. The van der Waals surface area contributed by atoms with Crippen LogP contribution < -0.4 is 10.6 Å². The van der Waals surface area contributed by atoms with E-state index in [1.165, 1.54) is 12.1 Å². The number of ether oxygens (including phenoxy) is 1. The van der Waals surface area contributed by atoms with E-state index in [1.807, 2.05) is 0 Å². The van der Waals surface area contributed by atoms with Crippen LogP contribution >= 0.6 is 11.6 Å². The average Bonchev–Trinajstić information content (AvgIpc) is 2.46. The van der Waals surface area contributed by atoms with Crippen molar-refractivity contribution in [3.63, 3.8) is 0 Å². The Labute approximate surface area is 120 Å². The smallest absolute Gasteiger partial charge is 0.270 e. The molecule has 1 saturated heterocycles. The van der Waals surface area contributed by atoms with Gasteiger partial charge in [-0.3, -0.25) is 14.9 Å². The molecule has 1 fully saturated rings. The molecule has 2 rings (SSSR count). The number of halogens is 1. The first-order valence-electron chi connectivity index (χ1n) is 6.12. The summed E-state index contributed by atoms with van der Waals surface area (Å²) in [5, 5.41) is 16.7. The molecule has 1 heterocycles. The zero-order chi connectivity index (χ0) is 14.5. The summed E-state index contributed by atoms with van der Waals surface area (Å²) in [5.41, 5.74) is -0.0835. The Morgan fingerprint density at radius 2 is 2.40 bits per heavy atom. The van der Waals surface area contributed by atoms with E-state index in [-0.39, 0.29) is 22.4 Å². The molecule has 2 N–H and O–H groups in total. The number of hydrogen-bond donors (Lipinski definition) is 2. The van der Waals surface area contributed by atoms with Crippen molar-refractivity contribution in [3.8, 4) is 0 Å². The highest BCUT2D eigenvalue weighted by Gasteiger charge is 2.18. The Balaban J connectivity index is 2.00. The summed E-state index contributed by atoms with van der Waals surface area (Å²) in [6, 6.07) is 3.76. The Hall–Kier alpha value is -1.70. The van der Waals surface area contributed by atoms with Crippen molar-refractivity contribution < 1.29 is 14.5 Å². The number of non-ortho nitro benzene ring substituents is 1. The summed E-state index contributed by atoms with van der Waals surface area (Å²) >= 11 is 5.89. The fourth-order valence-corrected chi connectivity index (χ4v) is 2.06. The number of nitro benzene ring substituents is 1. The molecule has 1 aliphatic heterocycles. The maximum Gasteiger partial charge on any atom is 0.270 e. The summed E-state index contributed by atoms with van der Waals surface area (Å²) in [6.07, 6.45) is -0.106. The van der Waals surface area contributed by atoms with Crippen LogP contribution in [0.4, 0.5) is 5.69 Å². The van der Waals surface area contributed by atoms with E-state index < -0.39 is 10.8 Å². The molecule has 1 aromatic rings. The van der Waals surface area contributed by atoms with Crippen molar-refractivity contribution in [3.05, 3.63) is 38.9 Å². The van der Waals surface area contributed by atoms with Crippen molar-refractivity contribution in [2.45, 2.75) is 6.10 Å².